The molecular weight excluding hydrogens is 436 g/mol. The normalized spacial score (nSPS) is 13.8. The van der Waals surface area contributed by atoms with Gasteiger partial charge in [0.15, 0.2) is 11.5 Å². The van der Waals surface area contributed by atoms with E-state index in [9.17, 15) is 4.79 Å². The predicted molar refractivity (Wildman–Crippen MR) is 127 cm³/mol. The summed E-state index contributed by atoms with van der Waals surface area (Å²) in [7, 11) is 3.19. The highest BCUT2D eigenvalue weighted by atomic mass is 16.5. The zero-order valence-electron chi connectivity index (χ0n) is 19.9. The highest BCUT2D eigenvalue weighted by molar-refractivity contribution is 5.74. The molecule has 1 N–H and O–H groups in total. The molecule has 2 aromatic heterocycles. The predicted octanol–water partition coefficient (Wildman–Crippen LogP) is 3.30. The summed E-state index contributed by atoms with van der Waals surface area (Å²) in [6.07, 6.45) is 1.76. The Balaban J connectivity index is 1.28. The number of carbonyl (C=O) groups excluding carboxylic acids is 1. The van der Waals surface area contributed by atoms with Crippen molar-refractivity contribution in [1.29, 1.82) is 0 Å². The molecule has 3 aromatic rings. The maximum atomic E-state index is 12.6. The summed E-state index contributed by atoms with van der Waals surface area (Å²) in [4.78, 5) is 25.6. The van der Waals surface area contributed by atoms with Crippen LogP contribution in [0.4, 0.5) is 10.6 Å². The molecule has 0 aliphatic carbocycles. The molecule has 1 saturated heterocycles. The van der Waals surface area contributed by atoms with E-state index in [0.29, 0.717) is 55.9 Å². The lowest BCUT2D eigenvalue weighted by Gasteiger charge is -2.35. The Kier molecular flexibility index (Phi) is 7.15. The highest BCUT2D eigenvalue weighted by Crippen LogP contribution is 2.27. The van der Waals surface area contributed by atoms with Gasteiger partial charge in [-0.15, -0.1) is 0 Å². The lowest BCUT2D eigenvalue weighted by Crippen LogP contribution is -2.51. The lowest BCUT2D eigenvalue weighted by molar-refractivity contribution is 0.194. The van der Waals surface area contributed by atoms with Crippen molar-refractivity contribution < 1.29 is 18.8 Å². The number of hydrogen-bond donors (Lipinski definition) is 1. The molecule has 4 rings (SSSR count). The number of nitrogens with zero attached hydrogens (tertiary/aromatic N) is 5. The van der Waals surface area contributed by atoms with E-state index in [0.717, 1.165) is 16.9 Å². The number of urea groups is 1. The molecule has 0 spiro atoms. The van der Waals surface area contributed by atoms with E-state index in [1.54, 1.807) is 20.4 Å². The topological polar surface area (TPSA) is 106 Å². The van der Waals surface area contributed by atoms with E-state index >= 15 is 0 Å². The Hall–Kier alpha value is -3.82. The second kappa shape index (κ2) is 10.4. The molecule has 0 radical (unpaired) electrons. The molecular formula is C24H30N6O4. The van der Waals surface area contributed by atoms with E-state index in [2.05, 4.69) is 25.3 Å². The van der Waals surface area contributed by atoms with Crippen molar-refractivity contribution in [2.24, 2.45) is 0 Å². The lowest BCUT2D eigenvalue weighted by atomic mass is 10.2. The number of nitrogens with one attached hydrogen (secondary N) is 1. The van der Waals surface area contributed by atoms with Crippen LogP contribution in [0.1, 0.15) is 31.2 Å². The number of pyridine rings is 1. The van der Waals surface area contributed by atoms with Crippen molar-refractivity contribution in [2.45, 2.75) is 26.3 Å². The van der Waals surface area contributed by atoms with Gasteiger partial charge in [-0.1, -0.05) is 25.1 Å². The number of piperazine rings is 1. The van der Waals surface area contributed by atoms with Gasteiger partial charge in [0.2, 0.25) is 11.7 Å². The molecule has 10 nitrogen and oxygen atoms in total. The third kappa shape index (κ3) is 5.22. The molecule has 0 atom stereocenters. The van der Waals surface area contributed by atoms with Crippen LogP contribution in [-0.2, 0) is 6.54 Å². The van der Waals surface area contributed by atoms with Crippen molar-refractivity contribution >= 4 is 11.8 Å². The van der Waals surface area contributed by atoms with Crippen LogP contribution in [-0.4, -0.2) is 66.5 Å². The van der Waals surface area contributed by atoms with Gasteiger partial charge in [0.25, 0.3) is 0 Å². The summed E-state index contributed by atoms with van der Waals surface area (Å²) in [6.45, 7) is 7.07. The smallest absolute Gasteiger partial charge is 0.317 e. The van der Waals surface area contributed by atoms with E-state index < -0.39 is 0 Å². The summed E-state index contributed by atoms with van der Waals surface area (Å²) in [6, 6.07) is 9.42. The van der Waals surface area contributed by atoms with E-state index in [1.165, 1.54) is 0 Å². The first-order valence-corrected chi connectivity index (χ1v) is 11.3. The van der Waals surface area contributed by atoms with E-state index in [1.807, 2.05) is 49.1 Å². The van der Waals surface area contributed by atoms with Crippen molar-refractivity contribution in [3.63, 3.8) is 0 Å². The minimum atomic E-state index is -0.0872. The molecule has 10 heteroatoms. The van der Waals surface area contributed by atoms with Gasteiger partial charge in [-0.3, -0.25) is 0 Å². The summed E-state index contributed by atoms with van der Waals surface area (Å²) in [5, 5.41) is 7.01. The van der Waals surface area contributed by atoms with Crippen molar-refractivity contribution in [3.8, 4) is 22.9 Å². The van der Waals surface area contributed by atoms with Gasteiger partial charge >= 0.3 is 6.03 Å². The monoisotopic (exact) mass is 466 g/mol. The number of hydrogen-bond acceptors (Lipinski definition) is 8. The number of anilines is 1. The largest absolute Gasteiger partial charge is 0.493 e. The number of carbonyl (C=O) groups is 1. The number of benzene rings is 1. The molecule has 180 valence electrons. The van der Waals surface area contributed by atoms with Gasteiger partial charge in [0, 0.05) is 50.4 Å². The zero-order chi connectivity index (χ0) is 24.1. The first-order chi connectivity index (χ1) is 16.5. The molecule has 1 aliphatic heterocycles. The summed E-state index contributed by atoms with van der Waals surface area (Å²) in [5.41, 5.74) is 1.75. The van der Waals surface area contributed by atoms with Crippen LogP contribution in [0, 0.1) is 0 Å². The Morgan fingerprint density at radius 2 is 1.85 bits per heavy atom. The molecule has 0 unspecified atom stereocenters. The zero-order valence-corrected chi connectivity index (χ0v) is 19.9. The van der Waals surface area contributed by atoms with Gasteiger partial charge in [-0.05, 0) is 29.8 Å². The Labute approximate surface area is 198 Å². The van der Waals surface area contributed by atoms with Gasteiger partial charge < -0.3 is 29.1 Å². The number of ether oxygens (including phenoxy) is 2. The van der Waals surface area contributed by atoms with Gasteiger partial charge in [-0.2, -0.15) is 4.98 Å². The maximum Gasteiger partial charge on any atom is 0.317 e. The van der Waals surface area contributed by atoms with Crippen LogP contribution in [0.3, 0.4) is 0 Å². The molecule has 3 heterocycles. The summed E-state index contributed by atoms with van der Waals surface area (Å²) < 4.78 is 15.9. The molecule has 1 aliphatic rings. The maximum absolute atomic E-state index is 12.6. The fourth-order valence-corrected chi connectivity index (χ4v) is 3.71. The number of methoxy groups -OCH3 is 2. The SMILES string of the molecule is COc1ccc(CNC(=O)N2CCN(c3ccc(-c4noc(C(C)C)n4)cn3)CC2)cc1OC. The molecule has 1 fully saturated rings. The molecule has 1 aromatic carbocycles. The third-order valence-corrected chi connectivity index (χ3v) is 5.72. The quantitative estimate of drug-likeness (QED) is 0.565. The first-order valence-electron chi connectivity index (χ1n) is 11.3. The second-order valence-corrected chi connectivity index (χ2v) is 8.34. The Morgan fingerprint density at radius 3 is 2.47 bits per heavy atom. The van der Waals surface area contributed by atoms with Gasteiger partial charge in [-0.25, -0.2) is 9.78 Å². The summed E-state index contributed by atoms with van der Waals surface area (Å²) >= 11 is 0. The van der Waals surface area contributed by atoms with Gasteiger partial charge in [0.1, 0.15) is 5.82 Å². The number of amides is 2. The van der Waals surface area contributed by atoms with Gasteiger partial charge in [0.05, 0.1) is 14.2 Å². The Morgan fingerprint density at radius 1 is 1.09 bits per heavy atom. The molecule has 2 amide bonds. The average Bonchev–Trinajstić information content (AvgIpc) is 3.38. The molecule has 34 heavy (non-hydrogen) atoms. The fourth-order valence-electron chi connectivity index (χ4n) is 3.71. The van der Waals surface area contributed by atoms with Crippen molar-refractivity contribution in [3.05, 3.63) is 48.0 Å². The van der Waals surface area contributed by atoms with Crippen LogP contribution in [0.5, 0.6) is 11.5 Å². The fraction of sp³-hybridized carbons (Fsp3) is 0.417. The van der Waals surface area contributed by atoms with Crippen molar-refractivity contribution in [2.75, 3.05) is 45.3 Å². The number of rotatable bonds is 7. The first kappa shape index (κ1) is 23.3. The second-order valence-electron chi connectivity index (χ2n) is 8.34. The minimum Gasteiger partial charge on any atom is -0.493 e. The minimum absolute atomic E-state index is 0.0872. The third-order valence-electron chi connectivity index (χ3n) is 5.72. The van der Waals surface area contributed by atoms with Crippen LogP contribution in [0.2, 0.25) is 0 Å². The van der Waals surface area contributed by atoms with E-state index in [-0.39, 0.29) is 11.9 Å². The van der Waals surface area contributed by atoms with Crippen LogP contribution >= 0.6 is 0 Å². The molecule has 0 saturated carbocycles. The highest BCUT2D eigenvalue weighted by Gasteiger charge is 2.22. The van der Waals surface area contributed by atoms with Crippen LogP contribution < -0.4 is 19.7 Å². The standard InChI is InChI=1S/C24H30N6O4/c1-16(2)23-27-22(28-34-23)18-6-8-21(25-15-18)29-9-11-30(12-10-29)24(31)26-14-17-5-7-19(32-3)20(13-17)33-4/h5-8,13,15-16H,9-12,14H2,1-4H3,(H,26,31). The van der Waals surface area contributed by atoms with Crippen LogP contribution in [0.25, 0.3) is 11.4 Å². The van der Waals surface area contributed by atoms with E-state index in [4.69, 9.17) is 14.0 Å². The molecule has 0 bridgehead atoms. The average molecular weight is 467 g/mol. The van der Waals surface area contributed by atoms with Crippen molar-refractivity contribution in [1.82, 2.24) is 25.3 Å². The van der Waals surface area contributed by atoms with Crippen LogP contribution in [0.15, 0.2) is 41.1 Å². The number of aromatic nitrogens is 3. The Bertz CT molecular complexity index is 1110. The summed E-state index contributed by atoms with van der Waals surface area (Å²) in [5.74, 6) is 3.50.